The van der Waals surface area contributed by atoms with Crippen LogP contribution in [0.4, 0.5) is 18.9 Å². The van der Waals surface area contributed by atoms with Crippen molar-refractivity contribution in [3.63, 3.8) is 0 Å². The quantitative estimate of drug-likeness (QED) is 0.644. The average Bonchev–Trinajstić information content (AvgIpc) is 3.26. The van der Waals surface area contributed by atoms with Crippen molar-refractivity contribution in [1.29, 1.82) is 0 Å². The molecule has 0 saturated heterocycles. The van der Waals surface area contributed by atoms with Gasteiger partial charge in [0.05, 0.1) is 29.8 Å². The maximum atomic E-state index is 12.8. The second-order valence-corrected chi connectivity index (χ2v) is 8.95. The number of alkyl halides is 3. The molecule has 0 radical (unpaired) electrons. The number of furan rings is 1. The van der Waals surface area contributed by atoms with Gasteiger partial charge in [-0.15, -0.1) is 24.9 Å². The zero-order valence-corrected chi connectivity index (χ0v) is 18.5. The van der Waals surface area contributed by atoms with Gasteiger partial charge in [-0.25, -0.2) is 0 Å². The predicted octanol–water partition coefficient (Wildman–Crippen LogP) is 4.83. The Hall–Kier alpha value is -2.98. The number of carbonyl (C=O) groups excluding carboxylic acids is 2. The van der Waals surface area contributed by atoms with E-state index in [4.69, 9.17) is 4.42 Å². The molecule has 1 atom stereocenters. The summed E-state index contributed by atoms with van der Waals surface area (Å²) in [4.78, 5) is 27.7. The van der Waals surface area contributed by atoms with Crippen molar-refractivity contribution >= 4 is 29.3 Å². The van der Waals surface area contributed by atoms with E-state index in [0.29, 0.717) is 22.6 Å². The maximum Gasteiger partial charge on any atom is 0.523 e. The van der Waals surface area contributed by atoms with E-state index in [-0.39, 0.29) is 37.1 Å². The van der Waals surface area contributed by atoms with Gasteiger partial charge in [-0.05, 0) is 42.8 Å². The molecule has 1 aliphatic heterocycles. The molecule has 0 spiro atoms. The largest absolute Gasteiger partial charge is 0.523 e. The van der Waals surface area contributed by atoms with E-state index >= 15 is 0 Å². The number of allylic oxidation sites excluding steroid dienone is 2. The Kier molecular flexibility index (Phi) is 6.40. The third-order valence-corrected chi connectivity index (χ3v) is 6.28. The minimum absolute atomic E-state index is 0.0153. The normalized spacial score (nSPS) is 20.4. The zero-order valence-electron chi connectivity index (χ0n) is 17.6. The fraction of sp³-hybridized carbons (Fsp3) is 0.304. The van der Waals surface area contributed by atoms with Crippen LogP contribution >= 0.6 is 11.8 Å². The van der Waals surface area contributed by atoms with Gasteiger partial charge >= 0.3 is 6.36 Å². The second kappa shape index (κ2) is 9.11. The van der Waals surface area contributed by atoms with Gasteiger partial charge < -0.3 is 14.6 Å². The van der Waals surface area contributed by atoms with Gasteiger partial charge in [0.15, 0.2) is 0 Å². The van der Waals surface area contributed by atoms with Crippen LogP contribution < -0.4 is 10.2 Å². The number of thioether (sulfide) groups is 1. The molecule has 1 aromatic heterocycles. The number of benzene rings is 1. The summed E-state index contributed by atoms with van der Waals surface area (Å²) in [6.45, 7) is 1.68. The number of amides is 2. The highest BCUT2D eigenvalue weighted by Crippen LogP contribution is 2.38. The lowest BCUT2D eigenvalue weighted by Crippen LogP contribution is -2.40. The molecule has 0 bridgehead atoms. The number of halogens is 3. The third kappa shape index (κ3) is 5.69. The number of ether oxygens (including phenoxy) is 1. The van der Waals surface area contributed by atoms with E-state index in [1.807, 2.05) is 0 Å². The molecule has 2 aliphatic rings. The number of fused-ring (bicyclic) bond motifs is 1. The fourth-order valence-electron chi connectivity index (χ4n) is 3.80. The molecule has 1 aliphatic carbocycles. The van der Waals surface area contributed by atoms with Crippen LogP contribution in [0.3, 0.4) is 0 Å². The summed E-state index contributed by atoms with van der Waals surface area (Å²) >= 11 is 1.36. The lowest BCUT2D eigenvalue weighted by Gasteiger charge is -2.34. The first kappa shape index (κ1) is 23.2. The summed E-state index contributed by atoms with van der Waals surface area (Å²) in [7, 11) is 0. The lowest BCUT2D eigenvalue weighted by molar-refractivity contribution is -0.355. The molecule has 4 rings (SSSR count). The van der Waals surface area contributed by atoms with E-state index in [1.54, 1.807) is 36.4 Å². The standard InChI is InChI=1S/C23H21F3N2O4S/c1-22(32-23(24,25)26)8-2-4-15(11-22)13-28-18-10-16(6-7-19(18)33-14-20(28)29)21(30)27-12-17-5-3-9-31-17/h2-10H,11-14H2,1H3,(H,27,30). The van der Waals surface area contributed by atoms with Crippen molar-refractivity contribution < 1.29 is 31.9 Å². The van der Waals surface area contributed by atoms with Gasteiger partial charge in [0.25, 0.3) is 5.91 Å². The average molecular weight is 478 g/mol. The van der Waals surface area contributed by atoms with Gasteiger partial charge in [0, 0.05) is 23.4 Å². The van der Waals surface area contributed by atoms with Crippen molar-refractivity contribution in [1.82, 2.24) is 5.32 Å². The van der Waals surface area contributed by atoms with Crippen molar-refractivity contribution in [3.05, 3.63) is 71.7 Å². The van der Waals surface area contributed by atoms with Crippen LogP contribution in [0.5, 0.6) is 0 Å². The molecule has 2 amide bonds. The van der Waals surface area contributed by atoms with Gasteiger partial charge in [-0.3, -0.25) is 14.3 Å². The molecule has 1 unspecified atom stereocenters. The number of rotatable bonds is 6. The highest BCUT2D eigenvalue weighted by molar-refractivity contribution is 8.00. The van der Waals surface area contributed by atoms with Crippen LogP contribution in [0.15, 0.2) is 69.7 Å². The summed E-state index contributed by atoms with van der Waals surface area (Å²) < 4.78 is 48.0. The third-order valence-electron chi connectivity index (χ3n) is 5.24. The summed E-state index contributed by atoms with van der Waals surface area (Å²) in [6, 6.07) is 8.54. The smallest absolute Gasteiger partial charge is 0.467 e. The highest BCUT2D eigenvalue weighted by atomic mass is 32.2. The van der Waals surface area contributed by atoms with E-state index in [0.717, 1.165) is 4.90 Å². The fourth-order valence-corrected chi connectivity index (χ4v) is 4.72. The SMILES string of the molecule is CC1(OC(F)(F)F)C=CC=C(CN2C(=O)CSc3ccc(C(=O)NCc4ccco4)cc32)C1. The van der Waals surface area contributed by atoms with E-state index in [1.165, 1.54) is 42.0 Å². The van der Waals surface area contributed by atoms with E-state index in [2.05, 4.69) is 10.1 Å². The van der Waals surface area contributed by atoms with Gasteiger partial charge in [0.1, 0.15) is 5.76 Å². The molecule has 0 fully saturated rings. The Morgan fingerprint density at radius 3 is 2.88 bits per heavy atom. The molecule has 2 heterocycles. The zero-order chi connectivity index (χ0) is 23.6. The second-order valence-electron chi connectivity index (χ2n) is 7.93. The summed E-state index contributed by atoms with van der Waals surface area (Å²) in [5.41, 5.74) is -0.0194. The summed E-state index contributed by atoms with van der Waals surface area (Å²) in [5, 5.41) is 2.76. The molecule has 10 heteroatoms. The van der Waals surface area contributed by atoms with E-state index < -0.39 is 12.0 Å². The number of hydrogen-bond acceptors (Lipinski definition) is 5. The Bertz CT molecular complexity index is 1110. The highest BCUT2D eigenvalue weighted by Gasteiger charge is 2.40. The van der Waals surface area contributed by atoms with Crippen molar-refractivity contribution in [3.8, 4) is 0 Å². The minimum Gasteiger partial charge on any atom is -0.467 e. The molecule has 33 heavy (non-hydrogen) atoms. The number of anilines is 1. The first-order valence-electron chi connectivity index (χ1n) is 10.1. The maximum absolute atomic E-state index is 12.8. The molecule has 2 aromatic rings. The topological polar surface area (TPSA) is 71.8 Å². The first-order valence-corrected chi connectivity index (χ1v) is 11.1. The van der Waals surface area contributed by atoms with Gasteiger partial charge in [-0.1, -0.05) is 18.2 Å². The van der Waals surface area contributed by atoms with Crippen molar-refractivity contribution in [2.45, 2.75) is 36.7 Å². The Labute approximate surface area is 192 Å². The van der Waals surface area contributed by atoms with E-state index in [9.17, 15) is 22.8 Å². The van der Waals surface area contributed by atoms with Crippen LogP contribution in [0.2, 0.25) is 0 Å². The van der Waals surface area contributed by atoms with Gasteiger partial charge in [-0.2, -0.15) is 0 Å². The summed E-state index contributed by atoms with van der Waals surface area (Å²) in [5.74, 6) is 0.295. The molecule has 174 valence electrons. The molecule has 1 aromatic carbocycles. The number of carbonyl (C=O) groups is 2. The Balaban J connectivity index is 1.51. The van der Waals surface area contributed by atoms with Gasteiger partial charge in [0.2, 0.25) is 5.91 Å². The number of nitrogens with one attached hydrogen (secondary N) is 1. The number of hydrogen-bond donors (Lipinski definition) is 1. The van der Waals surface area contributed by atoms with Crippen LogP contribution in [0, 0.1) is 0 Å². The molecule has 0 saturated carbocycles. The van der Waals surface area contributed by atoms with Crippen molar-refractivity contribution in [2.75, 3.05) is 17.2 Å². The van der Waals surface area contributed by atoms with Crippen LogP contribution in [-0.4, -0.2) is 36.1 Å². The number of nitrogens with zero attached hydrogens (tertiary/aromatic N) is 1. The molecular formula is C23H21F3N2O4S. The predicted molar refractivity (Wildman–Crippen MR) is 117 cm³/mol. The molecule has 6 nitrogen and oxygen atoms in total. The molecule has 1 N–H and O–H groups in total. The monoisotopic (exact) mass is 478 g/mol. The lowest BCUT2D eigenvalue weighted by atomic mass is 9.91. The van der Waals surface area contributed by atoms with Crippen molar-refractivity contribution in [2.24, 2.45) is 0 Å². The summed E-state index contributed by atoms with van der Waals surface area (Å²) in [6.07, 6.45) is 1.28. The minimum atomic E-state index is -4.77. The first-order chi connectivity index (χ1) is 15.6. The Morgan fingerprint density at radius 1 is 1.33 bits per heavy atom. The van der Waals surface area contributed by atoms with Crippen LogP contribution in [0.1, 0.15) is 29.5 Å². The van der Waals surface area contributed by atoms with Crippen LogP contribution in [0.25, 0.3) is 0 Å². The molecular weight excluding hydrogens is 457 g/mol. The Morgan fingerprint density at radius 2 is 2.15 bits per heavy atom. The van der Waals surface area contributed by atoms with Crippen LogP contribution in [-0.2, 0) is 16.1 Å².